The zero-order chi connectivity index (χ0) is 17.0. The molecule has 2 rings (SSSR count). The number of benzene rings is 2. The Labute approximate surface area is 133 Å². The molecular formula is C17H18O6. The van der Waals surface area contributed by atoms with Crippen molar-refractivity contribution in [3.05, 3.63) is 35.4 Å². The standard InChI is InChI=1S/C17H18O6/c1-21-15-12(9-6-10-4-7-11(18)8-5-10)16(22-2)14(20)17(23-3)13(15)19/h4-9,18-20H,1-3H3. The van der Waals surface area contributed by atoms with Gasteiger partial charge >= 0.3 is 0 Å². The third kappa shape index (κ3) is 3.11. The minimum atomic E-state index is -0.321. The first-order valence-electron chi connectivity index (χ1n) is 6.74. The lowest BCUT2D eigenvalue weighted by molar-refractivity contribution is 0.304. The minimum absolute atomic E-state index is 0.117. The van der Waals surface area contributed by atoms with Crippen LogP contribution in [-0.4, -0.2) is 36.6 Å². The SMILES string of the molecule is COc1c(O)c(OC)c(C=Cc2ccc(O)cc2)c(OC)c1O. The normalized spacial score (nSPS) is 10.7. The van der Waals surface area contributed by atoms with Gasteiger partial charge in [-0.05, 0) is 23.8 Å². The van der Waals surface area contributed by atoms with Gasteiger partial charge in [-0.2, -0.15) is 0 Å². The van der Waals surface area contributed by atoms with Gasteiger partial charge in [0, 0.05) is 0 Å². The van der Waals surface area contributed by atoms with Crippen LogP contribution in [0.3, 0.4) is 0 Å². The van der Waals surface area contributed by atoms with E-state index < -0.39 is 0 Å². The van der Waals surface area contributed by atoms with E-state index in [-0.39, 0.29) is 34.5 Å². The predicted molar refractivity (Wildman–Crippen MR) is 86.5 cm³/mol. The number of ether oxygens (including phenoxy) is 3. The number of hydrogen-bond donors (Lipinski definition) is 3. The lowest BCUT2D eigenvalue weighted by Gasteiger charge is -2.17. The molecule has 0 spiro atoms. The summed E-state index contributed by atoms with van der Waals surface area (Å²) in [5.74, 6) is -0.368. The Bertz CT molecular complexity index is 688. The summed E-state index contributed by atoms with van der Waals surface area (Å²) >= 11 is 0. The zero-order valence-corrected chi connectivity index (χ0v) is 13.0. The van der Waals surface area contributed by atoms with Crippen molar-refractivity contribution < 1.29 is 29.5 Å². The highest BCUT2D eigenvalue weighted by Gasteiger charge is 2.24. The molecular weight excluding hydrogens is 300 g/mol. The van der Waals surface area contributed by atoms with Crippen molar-refractivity contribution in [1.82, 2.24) is 0 Å². The highest BCUT2D eigenvalue weighted by Crippen LogP contribution is 2.52. The highest BCUT2D eigenvalue weighted by molar-refractivity contribution is 5.82. The number of hydrogen-bond acceptors (Lipinski definition) is 6. The van der Waals surface area contributed by atoms with Gasteiger partial charge in [0.15, 0.2) is 11.5 Å². The Balaban J connectivity index is 2.58. The molecule has 0 aliphatic carbocycles. The summed E-state index contributed by atoms with van der Waals surface area (Å²) < 4.78 is 15.4. The van der Waals surface area contributed by atoms with Crippen LogP contribution < -0.4 is 14.2 Å². The van der Waals surface area contributed by atoms with Crippen LogP contribution in [0.1, 0.15) is 11.1 Å². The molecule has 2 aromatic rings. The predicted octanol–water partition coefficient (Wildman–Crippen LogP) is 3.00. The van der Waals surface area contributed by atoms with Gasteiger partial charge in [0.25, 0.3) is 0 Å². The summed E-state index contributed by atoms with van der Waals surface area (Å²) in [4.78, 5) is 0. The number of aromatic hydroxyl groups is 3. The van der Waals surface area contributed by atoms with Gasteiger partial charge in [0.2, 0.25) is 17.2 Å². The van der Waals surface area contributed by atoms with Gasteiger partial charge < -0.3 is 29.5 Å². The fourth-order valence-corrected chi connectivity index (χ4v) is 2.20. The van der Waals surface area contributed by atoms with Crippen molar-refractivity contribution in [2.75, 3.05) is 21.3 Å². The highest BCUT2D eigenvalue weighted by atomic mass is 16.5. The van der Waals surface area contributed by atoms with E-state index in [0.717, 1.165) is 5.56 Å². The molecule has 23 heavy (non-hydrogen) atoms. The molecule has 0 aliphatic rings. The molecule has 2 aromatic carbocycles. The van der Waals surface area contributed by atoms with Crippen molar-refractivity contribution in [1.29, 1.82) is 0 Å². The first-order chi connectivity index (χ1) is 11.0. The van der Waals surface area contributed by atoms with Gasteiger partial charge in [-0.15, -0.1) is 0 Å². The maximum atomic E-state index is 10.2. The number of methoxy groups -OCH3 is 3. The quantitative estimate of drug-likeness (QED) is 0.735. The van der Waals surface area contributed by atoms with E-state index in [1.165, 1.54) is 21.3 Å². The lowest BCUT2D eigenvalue weighted by Crippen LogP contribution is -1.97. The molecule has 0 heterocycles. The second-order valence-electron chi connectivity index (χ2n) is 4.64. The van der Waals surface area contributed by atoms with Crippen LogP contribution in [-0.2, 0) is 0 Å². The first-order valence-corrected chi connectivity index (χ1v) is 6.74. The number of phenols is 3. The maximum Gasteiger partial charge on any atom is 0.210 e. The van der Waals surface area contributed by atoms with E-state index in [1.54, 1.807) is 36.4 Å². The molecule has 0 saturated carbocycles. The Hall–Kier alpha value is -3.02. The van der Waals surface area contributed by atoms with Crippen molar-refractivity contribution >= 4 is 12.2 Å². The molecule has 0 atom stereocenters. The van der Waals surface area contributed by atoms with Crippen molar-refractivity contribution in [2.45, 2.75) is 0 Å². The smallest absolute Gasteiger partial charge is 0.210 e. The van der Waals surface area contributed by atoms with Crippen LogP contribution in [0.5, 0.6) is 34.5 Å². The summed E-state index contributed by atoms with van der Waals surface area (Å²) in [6.45, 7) is 0. The van der Waals surface area contributed by atoms with E-state index >= 15 is 0 Å². The van der Waals surface area contributed by atoms with E-state index in [2.05, 4.69) is 0 Å². The number of phenolic OH excluding ortho intramolecular Hbond substituents is 3. The molecule has 0 unspecified atom stereocenters. The van der Waals surface area contributed by atoms with Crippen molar-refractivity contribution in [2.24, 2.45) is 0 Å². The van der Waals surface area contributed by atoms with Crippen molar-refractivity contribution in [3.63, 3.8) is 0 Å². The monoisotopic (exact) mass is 318 g/mol. The summed E-state index contributed by atoms with van der Waals surface area (Å²) in [7, 11) is 4.10. The molecule has 3 N–H and O–H groups in total. The van der Waals surface area contributed by atoms with E-state index in [0.29, 0.717) is 5.56 Å². The molecule has 0 aromatic heterocycles. The van der Waals surface area contributed by atoms with Crippen LogP contribution in [0.15, 0.2) is 24.3 Å². The maximum absolute atomic E-state index is 10.2. The molecule has 0 bridgehead atoms. The second-order valence-corrected chi connectivity index (χ2v) is 4.64. The zero-order valence-electron chi connectivity index (χ0n) is 13.0. The Kier molecular flexibility index (Phi) is 4.85. The van der Waals surface area contributed by atoms with Crippen LogP contribution in [0.4, 0.5) is 0 Å². The first kappa shape index (κ1) is 16.4. The molecule has 6 nitrogen and oxygen atoms in total. The van der Waals surface area contributed by atoms with Crippen LogP contribution in [0.2, 0.25) is 0 Å². The number of rotatable bonds is 5. The molecule has 0 amide bonds. The third-order valence-electron chi connectivity index (χ3n) is 3.30. The molecule has 122 valence electrons. The van der Waals surface area contributed by atoms with Gasteiger partial charge in [0.1, 0.15) is 5.75 Å². The van der Waals surface area contributed by atoms with E-state index in [1.807, 2.05) is 0 Å². The Morgan fingerprint density at radius 2 is 1.17 bits per heavy atom. The molecule has 0 saturated heterocycles. The Morgan fingerprint density at radius 1 is 0.696 bits per heavy atom. The largest absolute Gasteiger partial charge is 0.508 e. The average Bonchev–Trinajstić information content (AvgIpc) is 2.55. The van der Waals surface area contributed by atoms with Crippen molar-refractivity contribution in [3.8, 4) is 34.5 Å². The average molecular weight is 318 g/mol. The minimum Gasteiger partial charge on any atom is -0.508 e. The summed E-state index contributed by atoms with van der Waals surface area (Å²) in [6.07, 6.45) is 3.36. The fraction of sp³-hybridized carbons (Fsp3) is 0.176. The topological polar surface area (TPSA) is 88.4 Å². The van der Waals surface area contributed by atoms with E-state index in [9.17, 15) is 15.3 Å². The van der Waals surface area contributed by atoms with Gasteiger partial charge in [-0.3, -0.25) is 0 Å². The van der Waals surface area contributed by atoms with Gasteiger partial charge in [-0.1, -0.05) is 18.2 Å². The van der Waals surface area contributed by atoms with Crippen LogP contribution >= 0.6 is 0 Å². The third-order valence-corrected chi connectivity index (χ3v) is 3.30. The summed E-state index contributed by atoms with van der Waals surface area (Å²) in [5.41, 5.74) is 1.17. The molecule has 0 radical (unpaired) electrons. The van der Waals surface area contributed by atoms with Gasteiger partial charge in [0.05, 0.1) is 26.9 Å². The lowest BCUT2D eigenvalue weighted by atomic mass is 10.1. The van der Waals surface area contributed by atoms with Crippen LogP contribution in [0, 0.1) is 0 Å². The second kappa shape index (κ2) is 6.83. The van der Waals surface area contributed by atoms with E-state index in [4.69, 9.17) is 14.2 Å². The fourth-order valence-electron chi connectivity index (χ4n) is 2.20. The molecule has 0 fully saturated rings. The molecule has 0 aliphatic heterocycles. The van der Waals surface area contributed by atoms with Crippen LogP contribution in [0.25, 0.3) is 12.2 Å². The molecule has 6 heteroatoms. The Morgan fingerprint density at radius 3 is 1.61 bits per heavy atom. The summed E-state index contributed by atoms with van der Waals surface area (Å²) in [5, 5.41) is 29.6. The summed E-state index contributed by atoms with van der Waals surface area (Å²) in [6, 6.07) is 6.54. The van der Waals surface area contributed by atoms with Gasteiger partial charge in [-0.25, -0.2) is 0 Å².